The van der Waals surface area contributed by atoms with E-state index >= 15 is 0 Å². The number of phenols is 1. The maximum Gasteiger partial charge on any atom is 0.324 e. The Hall–Kier alpha value is -7.32. The van der Waals surface area contributed by atoms with Crippen LogP contribution in [0.3, 0.4) is 0 Å². The van der Waals surface area contributed by atoms with Crippen LogP contribution in [0.25, 0.3) is 33.3 Å². The fourth-order valence-electron chi connectivity index (χ4n) is 12.3. The van der Waals surface area contributed by atoms with Crippen LogP contribution in [0, 0.1) is 39.9 Å². The molecule has 434 valence electrons. The molecule has 0 spiro atoms. The molecule has 0 aliphatic carbocycles. The number of aryl methyl sites for hydroxylation is 1. The maximum absolute atomic E-state index is 15.0. The van der Waals surface area contributed by atoms with E-state index in [1.807, 2.05) is 45.0 Å². The molecule has 82 heavy (non-hydrogen) atoms. The third-order valence-electron chi connectivity index (χ3n) is 17.0. The molecule has 3 amide bonds. The van der Waals surface area contributed by atoms with Crippen molar-refractivity contribution in [3.05, 3.63) is 101 Å². The number of rotatable bonds is 12. The van der Waals surface area contributed by atoms with Crippen molar-refractivity contribution in [3.8, 4) is 46.0 Å². The summed E-state index contributed by atoms with van der Waals surface area (Å²) in [5, 5.41) is 36.5. The van der Waals surface area contributed by atoms with Crippen LogP contribution in [-0.4, -0.2) is 143 Å². The number of hydrogen-bond acceptors (Lipinski definition) is 14. The molecule has 18 heteroatoms. The number of aliphatic hydroxyl groups excluding tert-OH is 1. The normalized spacial score (nSPS) is 21.8. The van der Waals surface area contributed by atoms with E-state index in [4.69, 9.17) is 24.9 Å². The summed E-state index contributed by atoms with van der Waals surface area (Å²) in [4.78, 5) is 67.1. The number of piperidine rings is 1. The molecule has 3 fully saturated rings. The van der Waals surface area contributed by atoms with Crippen molar-refractivity contribution >= 4 is 40.3 Å². The third kappa shape index (κ3) is 12.7. The maximum atomic E-state index is 15.0. The molecule has 4 aliphatic rings. The number of cyclic esters (lactones) is 1. The van der Waals surface area contributed by atoms with Crippen LogP contribution >= 0.6 is 0 Å². The topological polar surface area (TPSA) is 238 Å². The second kappa shape index (κ2) is 25.0. The molecule has 6 N–H and O–H groups in total. The van der Waals surface area contributed by atoms with E-state index in [-0.39, 0.29) is 49.7 Å². The van der Waals surface area contributed by atoms with Crippen molar-refractivity contribution in [2.75, 3.05) is 65.9 Å². The number of hydrogen-bond donors (Lipinski definition) is 5. The first-order valence-electron chi connectivity index (χ1n) is 28.8. The second-order valence-corrected chi connectivity index (χ2v) is 23.9. The fraction of sp³-hybridized carbons (Fsp3) is 0.500. The molecule has 6 unspecified atom stereocenters. The van der Waals surface area contributed by atoms with Gasteiger partial charge in [0.15, 0.2) is 0 Å². The van der Waals surface area contributed by atoms with Gasteiger partial charge in [0.2, 0.25) is 5.91 Å². The van der Waals surface area contributed by atoms with Crippen molar-refractivity contribution in [2.24, 2.45) is 16.7 Å². The number of hydrazine groups is 1. The van der Waals surface area contributed by atoms with Gasteiger partial charge in [-0.2, -0.15) is 5.26 Å². The number of phenolic OH excluding ortho intramolecular Hbond substituents is 1. The number of benzene rings is 3. The average Bonchev–Trinajstić information content (AvgIpc) is 4.24. The molecule has 5 aromatic rings. The second-order valence-electron chi connectivity index (χ2n) is 23.9. The molecule has 6 atom stereocenters. The van der Waals surface area contributed by atoms with Crippen molar-refractivity contribution < 1.29 is 43.6 Å². The largest absolute Gasteiger partial charge is 0.508 e. The number of nitrogens with one attached hydrogen (secondary N) is 2. The highest BCUT2D eigenvalue weighted by Crippen LogP contribution is 2.43. The number of fused-ring (bicyclic) bond motifs is 6. The van der Waals surface area contributed by atoms with Crippen LogP contribution in [0.5, 0.6) is 5.75 Å². The highest BCUT2D eigenvalue weighted by molar-refractivity contribution is 5.96. The first kappa shape index (κ1) is 59.3. The van der Waals surface area contributed by atoms with Crippen LogP contribution < -0.4 is 16.5 Å². The lowest BCUT2D eigenvalue weighted by Crippen LogP contribution is -2.62. The van der Waals surface area contributed by atoms with Crippen molar-refractivity contribution in [3.63, 3.8) is 0 Å². The number of nitrogen functional groups attached to an aromatic ring is 1. The number of ether oxygens (including phenoxy) is 3. The summed E-state index contributed by atoms with van der Waals surface area (Å²) in [5.41, 5.74) is 16.5. The van der Waals surface area contributed by atoms with Crippen LogP contribution in [0.4, 0.5) is 5.69 Å². The molecule has 3 saturated heterocycles. The molecular formula is C64H79N9O9. The number of methoxy groups -OCH3 is 1. The summed E-state index contributed by atoms with van der Waals surface area (Å²) < 4.78 is 20.5. The van der Waals surface area contributed by atoms with E-state index in [2.05, 4.69) is 77.1 Å². The predicted molar refractivity (Wildman–Crippen MR) is 312 cm³/mol. The van der Waals surface area contributed by atoms with Gasteiger partial charge in [-0.25, -0.2) is 5.43 Å². The summed E-state index contributed by atoms with van der Waals surface area (Å²) in [6.07, 6.45) is 3.63. The number of aromatic hydroxyl groups is 1. The number of esters is 1. The van der Waals surface area contributed by atoms with Gasteiger partial charge in [0.05, 0.1) is 48.7 Å². The Morgan fingerprint density at radius 1 is 1.02 bits per heavy atom. The van der Waals surface area contributed by atoms with Crippen molar-refractivity contribution in [2.45, 2.75) is 129 Å². The van der Waals surface area contributed by atoms with Crippen molar-refractivity contribution in [1.29, 1.82) is 5.26 Å². The van der Waals surface area contributed by atoms with Crippen LogP contribution in [0.2, 0.25) is 0 Å². The summed E-state index contributed by atoms with van der Waals surface area (Å²) >= 11 is 0. The Balaban J connectivity index is 1.10. The standard InChI is InChI=1S/C64H79N9O9/c1-9-72-54-19-16-44-33-49(54)51(57(72)50-30-41(35-67-55(50)40(4)80-8)12-10-23-71-25-21-64(36-65,37-74)22-26-71)34-63(5,6)38-82-62(79)52-13-11-24-73(69-52)60(77)53(31-42-28-45(44)32-47(75)29-42)68-59(76)56(39(2)3)70(7)61(78)58-48(20-27-81-58)43-14-17-46(66)18-15-43/h14-19,28-30,32-33,35,39-40,48,52-53,56,58,69,74-75H,9,11,13,20-27,31,34,37-38,66H2,1-8H3,(H,68,76). The fourth-order valence-corrected chi connectivity index (χ4v) is 12.3. The molecule has 2 aromatic heterocycles. The summed E-state index contributed by atoms with van der Waals surface area (Å²) in [5.74, 6) is 4.16. The smallest absolute Gasteiger partial charge is 0.324 e. The summed E-state index contributed by atoms with van der Waals surface area (Å²) in [6, 6.07) is 20.1. The minimum atomic E-state index is -1.20. The molecule has 0 radical (unpaired) electrons. The Kier molecular flexibility index (Phi) is 18.1. The van der Waals surface area contributed by atoms with E-state index in [1.54, 1.807) is 44.6 Å². The number of amides is 3. The predicted octanol–water partition coefficient (Wildman–Crippen LogP) is 7.04. The molecule has 9 rings (SSSR count). The number of carbonyl (C=O) groups is 4. The molecule has 6 heterocycles. The van der Waals surface area contributed by atoms with E-state index in [1.165, 1.54) is 9.91 Å². The lowest BCUT2D eigenvalue weighted by molar-refractivity contribution is -0.155. The number of carbonyl (C=O) groups excluding carboxylic acids is 4. The van der Waals surface area contributed by atoms with E-state index in [0.717, 1.165) is 44.5 Å². The zero-order valence-electron chi connectivity index (χ0n) is 48.6. The average molecular weight is 1120 g/mol. The SMILES string of the molecule is CCn1c(-c2cc(C#CCN3CCC(C#N)(CO)CC3)cnc2C(C)OC)c2c3cc(ccc31)-c1cc(O)cc(c1)CC(NC(=O)C(C(C)C)N(C)C(=O)C1OCCC1c1ccc(N)cc1)C(=O)N1CCCC(N1)C(=O)OCC(C)(C)C2. The van der Waals surface area contributed by atoms with Crippen LogP contribution in [0.15, 0.2) is 72.9 Å². The quantitative estimate of drug-likeness (QED) is 0.0479. The highest BCUT2D eigenvalue weighted by Gasteiger charge is 2.43. The van der Waals surface area contributed by atoms with Gasteiger partial charge >= 0.3 is 5.97 Å². The Morgan fingerprint density at radius 3 is 2.48 bits per heavy atom. The zero-order chi connectivity index (χ0) is 58.6. The first-order chi connectivity index (χ1) is 39.3. The molecule has 4 aliphatic heterocycles. The molecule has 6 bridgehead atoms. The van der Waals surface area contributed by atoms with Gasteiger partial charge in [0.1, 0.15) is 30.0 Å². The van der Waals surface area contributed by atoms with Gasteiger partial charge < -0.3 is 44.9 Å². The number of anilines is 1. The molecule has 18 nitrogen and oxygen atoms in total. The summed E-state index contributed by atoms with van der Waals surface area (Å²) in [7, 11) is 3.25. The molecule has 0 saturated carbocycles. The van der Waals surface area contributed by atoms with Gasteiger partial charge in [-0.1, -0.05) is 63.8 Å². The van der Waals surface area contributed by atoms with Gasteiger partial charge in [0.25, 0.3) is 11.8 Å². The number of likely N-dealkylation sites (tertiary alicyclic amines) is 1. The van der Waals surface area contributed by atoms with Crippen molar-refractivity contribution in [1.82, 2.24) is 35.1 Å². The zero-order valence-corrected chi connectivity index (χ0v) is 48.6. The lowest BCUT2D eigenvalue weighted by atomic mass is 9.81. The molecular weight excluding hydrogens is 1040 g/mol. The number of aromatic nitrogens is 2. The Morgan fingerprint density at radius 2 is 1.78 bits per heavy atom. The minimum Gasteiger partial charge on any atom is -0.508 e. The van der Waals surface area contributed by atoms with Gasteiger partial charge in [-0.3, -0.25) is 34.1 Å². The number of likely N-dealkylation sites (N-methyl/N-ethyl adjacent to an activating group) is 1. The molecule has 3 aromatic carbocycles. The lowest BCUT2D eigenvalue weighted by Gasteiger charge is -2.37. The number of aliphatic hydroxyl groups is 1. The van der Waals surface area contributed by atoms with Crippen LogP contribution in [0.1, 0.15) is 114 Å². The third-order valence-corrected chi connectivity index (χ3v) is 17.0. The van der Waals surface area contributed by atoms with Gasteiger partial charge in [-0.05, 0) is 129 Å². The number of nitrogens with zero attached hydrogens (tertiary/aromatic N) is 6. The highest BCUT2D eigenvalue weighted by atomic mass is 16.5. The first-order valence-corrected chi connectivity index (χ1v) is 28.8. The Labute approximate surface area is 481 Å². The number of nitrogens with two attached hydrogens (primary N) is 1. The summed E-state index contributed by atoms with van der Waals surface area (Å²) in [6.45, 7) is 14.8. The van der Waals surface area contributed by atoms with Gasteiger partial charge in [0, 0.05) is 98.6 Å². The number of nitriles is 1. The van der Waals surface area contributed by atoms with E-state index in [0.29, 0.717) is 93.7 Å². The van der Waals surface area contributed by atoms with E-state index in [9.17, 15) is 34.7 Å². The van der Waals surface area contributed by atoms with Crippen LogP contribution in [-0.2, 0) is 52.8 Å². The van der Waals surface area contributed by atoms with Gasteiger partial charge in [-0.15, -0.1) is 0 Å². The van der Waals surface area contributed by atoms with E-state index < -0.39 is 58.9 Å². The number of pyridine rings is 1. The Bertz CT molecular complexity index is 3290. The monoisotopic (exact) mass is 1120 g/mol. The minimum absolute atomic E-state index is 0.0351.